The maximum absolute atomic E-state index is 12.4. The fourth-order valence-corrected chi connectivity index (χ4v) is 4.25. The summed E-state index contributed by atoms with van der Waals surface area (Å²) in [4.78, 5) is 12.4. The molecule has 2 aromatic carbocycles. The van der Waals surface area contributed by atoms with Crippen LogP contribution < -0.4 is 10.0 Å². The topological polar surface area (TPSA) is 108 Å². The average molecular weight is 564 g/mol. The number of carbonyl (C=O) groups excluding carboxylic acids is 1. The van der Waals surface area contributed by atoms with E-state index in [1.807, 2.05) is 20.8 Å². The summed E-state index contributed by atoms with van der Waals surface area (Å²) in [6.07, 6.45) is 1.75. The third-order valence-corrected chi connectivity index (χ3v) is 6.73. The highest BCUT2D eigenvalue weighted by molar-refractivity contribution is 7.92. The summed E-state index contributed by atoms with van der Waals surface area (Å²) in [6, 6.07) is 15.1. The zero-order valence-electron chi connectivity index (χ0n) is 23.4. The molecule has 3 N–H and O–H groups in total. The number of ether oxygens (including phenoxy) is 1. The number of hydrogen-bond acceptors (Lipinski definition) is 6. The van der Waals surface area contributed by atoms with Gasteiger partial charge in [0.25, 0.3) is 0 Å². The largest absolute Gasteiger partial charge is 0.465 e. The van der Waals surface area contributed by atoms with E-state index in [0.717, 1.165) is 22.4 Å². The lowest BCUT2D eigenvalue weighted by atomic mass is 9.86. The van der Waals surface area contributed by atoms with Gasteiger partial charge in [0.1, 0.15) is 0 Å². The zero-order chi connectivity index (χ0) is 28.7. The maximum Gasteiger partial charge on any atom is 0.311 e. The molecule has 0 aliphatic heterocycles. The molecular formula is C28H41N3O5S2. The van der Waals surface area contributed by atoms with Crippen LogP contribution in [0.25, 0.3) is 0 Å². The standard InChI is InChI=1S/C28H41N3O5S2/c1-27(2,3)23-12-8-20(9-13-23)16-22(19-36-25(32)28(4,5)6)17-29-26(37)31(33)18-21-10-14-24(15-11-21)30-38(7,34)35/h8-15,22,30,33H,16-19H2,1-7H3,(H,29,37). The molecule has 0 fully saturated rings. The second-order valence-corrected chi connectivity index (χ2v) is 13.8. The molecule has 0 aliphatic carbocycles. The van der Waals surface area contributed by atoms with E-state index in [2.05, 4.69) is 55.1 Å². The number of thiocarbonyl (C=S) groups is 1. The maximum atomic E-state index is 12.4. The molecule has 210 valence electrons. The third kappa shape index (κ3) is 11.0. The van der Waals surface area contributed by atoms with Crippen LogP contribution >= 0.6 is 12.2 Å². The molecule has 0 heterocycles. The van der Waals surface area contributed by atoms with Crippen molar-refractivity contribution in [2.45, 2.75) is 59.9 Å². The van der Waals surface area contributed by atoms with Crippen molar-refractivity contribution in [3.63, 3.8) is 0 Å². The highest BCUT2D eigenvalue weighted by Gasteiger charge is 2.25. The van der Waals surface area contributed by atoms with E-state index in [0.29, 0.717) is 18.7 Å². The Labute approximate surface area is 232 Å². The molecule has 0 aliphatic rings. The number of hydroxylamine groups is 2. The summed E-state index contributed by atoms with van der Waals surface area (Å²) >= 11 is 5.37. The highest BCUT2D eigenvalue weighted by atomic mass is 32.2. The second kappa shape index (κ2) is 12.9. The van der Waals surface area contributed by atoms with E-state index >= 15 is 0 Å². The Morgan fingerprint density at radius 2 is 1.55 bits per heavy atom. The van der Waals surface area contributed by atoms with Crippen LogP contribution in [0.3, 0.4) is 0 Å². The van der Waals surface area contributed by atoms with Gasteiger partial charge in [-0.05, 0) is 73.6 Å². The molecule has 38 heavy (non-hydrogen) atoms. The van der Waals surface area contributed by atoms with E-state index in [9.17, 15) is 18.4 Å². The lowest BCUT2D eigenvalue weighted by Gasteiger charge is -2.24. The summed E-state index contributed by atoms with van der Waals surface area (Å²) in [5.41, 5.74) is 2.99. The minimum atomic E-state index is -3.36. The van der Waals surface area contributed by atoms with E-state index < -0.39 is 15.4 Å². The average Bonchev–Trinajstić information content (AvgIpc) is 2.79. The van der Waals surface area contributed by atoms with Crippen LogP contribution in [0.5, 0.6) is 0 Å². The normalized spacial score (nSPS) is 12.9. The molecule has 1 atom stereocenters. The Balaban J connectivity index is 2.02. The number of sulfonamides is 1. The van der Waals surface area contributed by atoms with Gasteiger partial charge in [-0.25, -0.2) is 13.5 Å². The van der Waals surface area contributed by atoms with Gasteiger partial charge in [-0.15, -0.1) is 0 Å². The third-order valence-electron chi connectivity index (χ3n) is 5.77. The molecule has 8 nitrogen and oxygen atoms in total. The molecule has 2 aromatic rings. The molecule has 0 radical (unpaired) electrons. The number of rotatable bonds is 10. The first kappa shape index (κ1) is 31.5. The van der Waals surface area contributed by atoms with E-state index in [-0.39, 0.29) is 35.6 Å². The number of carbonyl (C=O) groups is 1. The highest BCUT2D eigenvalue weighted by Crippen LogP contribution is 2.23. The van der Waals surface area contributed by atoms with E-state index in [4.69, 9.17) is 17.0 Å². The molecule has 1 unspecified atom stereocenters. The van der Waals surface area contributed by atoms with E-state index in [1.54, 1.807) is 24.3 Å². The molecule has 0 spiro atoms. The molecule has 0 aromatic heterocycles. The van der Waals surface area contributed by atoms with Crippen LogP contribution in [0.1, 0.15) is 58.2 Å². The van der Waals surface area contributed by atoms with Crippen molar-refractivity contribution in [2.75, 3.05) is 24.1 Å². The van der Waals surface area contributed by atoms with Gasteiger partial charge in [-0.2, -0.15) is 0 Å². The molecule has 2 rings (SSSR count). The van der Waals surface area contributed by atoms with Crippen molar-refractivity contribution >= 4 is 39.0 Å². The van der Waals surface area contributed by atoms with Crippen molar-refractivity contribution in [2.24, 2.45) is 11.3 Å². The quantitative estimate of drug-likeness (QED) is 0.214. The van der Waals surface area contributed by atoms with Crippen LogP contribution in [0, 0.1) is 11.3 Å². The molecule has 0 saturated heterocycles. The number of hydrogen-bond donors (Lipinski definition) is 3. The van der Waals surface area contributed by atoms with Gasteiger partial charge in [-0.3, -0.25) is 14.7 Å². The van der Waals surface area contributed by atoms with Crippen LogP contribution in [-0.4, -0.2) is 49.2 Å². The van der Waals surface area contributed by atoms with Gasteiger partial charge < -0.3 is 10.1 Å². The number of esters is 1. The van der Waals surface area contributed by atoms with E-state index in [1.165, 1.54) is 5.56 Å². The molecule has 0 saturated carbocycles. The summed E-state index contributed by atoms with van der Waals surface area (Å²) in [7, 11) is -3.36. The Hall–Kier alpha value is -2.69. The Kier molecular flexibility index (Phi) is 10.7. The van der Waals surface area contributed by atoms with Gasteiger partial charge in [0.2, 0.25) is 10.0 Å². The van der Waals surface area contributed by atoms with Crippen molar-refractivity contribution in [3.8, 4) is 0 Å². The minimum Gasteiger partial charge on any atom is -0.465 e. The minimum absolute atomic E-state index is 0.0586. The monoisotopic (exact) mass is 563 g/mol. The van der Waals surface area contributed by atoms with Crippen molar-refractivity contribution in [1.29, 1.82) is 0 Å². The SMILES string of the molecule is CC(C)(C)C(=O)OCC(CNC(=S)N(O)Cc1ccc(NS(C)(=O)=O)cc1)Cc1ccc(C(C)(C)C)cc1. The lowest BCUT2D eigenvalue weighted by molar-refractivity contribution is -0.154. The van der Waals surface area contributed by atoms with Gasteiger partial charge in [0, 0.05) is 18.2 Å². The summed E-state index contributed by atoms with van der Waals surface area (Å²) in [5.74, 6) is -0.347. The van der Waals surface area contributed by atoms with Crippen LogP contribution in [0.4, 0.5) is 5.69 Å². The zero-order valence-corrected chi connectivity index (χ0v) is 25.0. The summed E-state index contributed by atoms with van der Waals surface area (Å²) in [6.45, 7) is 12.7. The number of benzene rings is 2. The van der Waals surface area contributed by atoms with Crippen LogP contribution in [-0.2, 0) is 37.9 Å². The first-order valence-electron chi connectivity index (χ1n) is 12.5. The molecular weight excluding hydrogens is 522 g/mol. The van der Waals surface area contributed by atoms with Crippen LogP contribution in [0.15, 0.2) is 48.5 Å². The lowest BCUT2D eigenvalue weighted by Crippen LogP contribution is -2.41. The molecule has 0 bridgehead atoms. The van der Waals surface area contributed by atoms with Gasteiger partial charge in [0.15, 0.2) is 5.11 Å². The molecule has 10 heteroatoms. The number of nitrogens with zero attached hydrogens (tertiary/aromatic N) is 1. The fourth-order valence-electron chi connectivity index (χ4n) is 3.53. The fraction of sp³-hybridized carbons (Fsp3) is 0.500. The number of nitrogens with one attached hydrogen (secondary N) is 2. The Morgan fingerprint density at radius 3 is 2.05 bits per heavy atom. The number of anilines is 1. The smallest absolute Gasteiger partial charge is 0.311 e. The van der Waals surface area contributed by atoms with Gasteiger partial charge in [-0.1, -0.05) is 57.2 Å². The predicted octanol–water partition coefficient (Wildman–Crippen LogP) is 4.87. The Bertz CT molecular complexity index is 1180. The summed E-state index contributed by atoms with van der Waals surface area (Å²) < 4.78 is 30.7. The first-order chi connectivity index (χ1) is 17.4. The van der Waals surface area contributed by atoms with Gasteiger partial charge in [0.05, 0.1) is 24.8 Å². The summed E-state index contributed by atoms with van der Waals surface area (Å²) in [5, 5.41) is 14.6. The Morgan fingerprint density at radius 1 is 1.00 bits per heavy atom. The van der Waals surface area contributed by atoms with Gasteiger partial charge >= 0.3 is 5.97 Å². The van der Waals surface area contributed by atoms with Crippen molar-refractivity contribution in [1.82, 2.24) is 10.4 Å². The van der Waals surface area contributed by atoms with Crippen LogP contribution in [0.2, 0.25) is 0 Å². The predicted molar refractivity (Wildman–Crippen MR) is 156 cm³/mol. The van der Waals surface area contributed by atoms with Crippen molar-refractivity contribution in [3.05, 3.63) is 65.2 Å². The molecule has 0 amide bonds. The first-order valence-corrected chi connectivity index (χ1v) is 14.8. The second-order valence-electron chi connectivity index (χ2n) is 11.7. The van der Waals surface area contributed by atoms with Crippen molar-refractivity contribution < 1.29 is 23.2 Å².